The summed E-state index contributed by atoms with van der Waals surface area (Å²) in [6, 6.07) is 0. The molecule has 0 aromatic rings. The molecule has 0 aromatic carbocycles. The minimum atomic E-state index is -0.647. The minimum absolute atomic E-state index is 0.551. The van der Waals surface area contributed by atoms with Gasteiger partial charge in [0.25, 0.3) is 0 Å². The topological polar surface area (TPSA) is 0 Å². The molecular formula is C11H23F. The Kier molecular flexibility index (Phi) is 5.52. The largest absolute Gasteiger partial charge is 0.248 e. The van der Waals surface area contributed by atoms with Gasteiger partial charge in [0.05, 0.1) is 6.17 Å². The van der Waals surface area contributed by atoms with E-state index in [9.17, 15) is 4.39 Å². The Morgan fingerprint density at radius 1 is 1.08 bits per heavy atom. The monoisotopic (exact) mass is 174 g/mol. The van der Waals surface area contributed by atoms with Gasteiger partial charge in [-0.1, -0.05) is 34.1 Å². The molecule has 0 spiro atoms. The molecule has 1 heteroatoms. The normalized spacial score (nSPS) is 19.2. The second kappa shape index (κ2) is 5.55. The van der Waals surface area contributed by atoms with E-state index in [4.69, 9.17) is 0 Å². The zero-order valence-corrected chi connectivity index (χ0v) is 9.10. The molecule has 0 saturated heterocycles. The maximum atomic E-state index is 12.8. The first-order valence-electron chi connectivity index (χ1n) is 5.13. The zero-order chi connectivity index (χ0) is 9.72. The van der Waals surface area contributed by atoms with E-state index in [1.165, 1.54) is 0 Å². The van der Waals surface area contributed by atoms with Gasteiger partial charge in [-0.25, -0.2) is 4.39 Å². The van der Waals surface area contributed by atoms with E-state index in [0.29, 0.717) is 17.8 Å². The van der Waals surface area contributed by atoms with Crippen LogP contribution in [0.1, 0.15) is 47.5 Å². The van der Waals surface area contributed by atoms with Crippen molar-refractivity contribution in [2.75, 3.05) is 0 Å². The van der Waals surface area contributed by atoms with Crippen molar-refractivity contribution >= 4 is 0 Å². The van der Waals surface area contributed by atoms with Gasteiger partial charge in [-0.05, 0) is 31.1 Å². The lowest BCUT2D eigenvalue weighted by Crippen LogP contribution is -2.20. The average molecular weight is 174 g/mol. The van der Waals surface area contributed by atoms with Crippen LogP contribution in [0.2, 0.25) is 0 Å². The summed E-state index contributed by atoms with van der Waals surface area (Å²) in [5.74, 6) is 1.82. The molecule has 3 atom stereocenters. The van der Waals surface area contributed by atoms with Gasteiger partial charge in [0.2, 0.25) is 0 Å². The van der Waals surface area contributed by atoms with Crippen molar-refractivity contribution in [1.82, 2.24) is 0 Å². The van der Waals surface area contributed by atoms with Crippen molar-refractivity contribution in [1.29, 1.82) is 0 Å². The molecule has 0 aliphatic carbocycles. The van der Waals surface area contributed by atoms with Crippen molar-refractivity contribution in [2.45, 2.75) is 53.6 Å². The van der Waals surface area contributed by atoms with Crippen LogP contribution in [0.25, 0.3) is 0 Å². The maximum absolute atomic E-state index is 12.8. The zero-order valence-electron chi connectivity index (χ0n) is 9.10. The summed E-state index contributed by atoms with van der Waals surface area (Å²) in [4.78, 5) is 0. The quantitative estimate of drug-likeness (QED) is 0.589. The van der Waals surface area contributed by atoms with Crippen molar-refractivity contribution < 1.29 is 4.39 Å². The van der Waals surface area contributed by atoms with Crippen LogP contribution in [0.4, 0.5) is 4.39 Å². The number of hydrogen-bond donors (Lipinski definition) is 0. The summed E-state index contributed by atoms with van der Waals surface area (Å²) < 4.78 is 12.8. The van der Waals surface area contributed by atoms with E-state index in [-0.39, 0.29) is 0 Å². The molecule has 12 heavy (non-hydrogen) atoms. The van der Waals surface area contributed by atoms with Crippen LogP contribution in [0.3, 0.4) is 0 Å². The van der Waals surface area contributed by atoms with Crippen LogP contribution < -0.4 is 0 Å². The van der Waals surface area contributed by atoms with Crippen LogP contribution in [0.15, 0.2) is 0 Å². The van der Waals surface area contributed by atoms with Crippen LogP contribution in [0, 0.1) is 17.8 Å². The van der Waals surface area contributed by atoms with Gasteiger partial charge in [-0.2, -0.15) is 0 Å². The Morgan fingerprint density at radius 3 is 1.83 bits per heavy atom. The Morgan fingerprint density at radius 2 is 1.58 bits per heavy atom. The molecule has 0 aliphatic heterocycles. The summed E-state index contributed by atoms with van der Waals surface area (Å²) in [5, 5.41) is 0. The molecule has 0 bridgehead atoms. The van der Waals surface area contributed by atoms with E-state index < -0.39 is 6.17 Å². The molecule has 74 valence electrons. The lowest BCUT2D eigenvalue weighted by Gasteiger charge is -2.27. The van der Waals surface area contributed by atoms with Crippen LogP contribution >= 0.6 is 0 Å². The summed E-state index contributed by atoms with van der Waals surface area (Å²) >= 11 is 0. The SMILES string of the molecule is CCC(C)C(CC(C)F)C(C)C. The first-order valence-corrected chi connectivity index (χ1v) is 5.13. The van der Waals surface area contributed by atoms with Gasteiger partial charge in [0, 0.05) is 0 Å². The summed E-state index contributed by atoms with van der Waals surface area (Å²) in [6.45, 7) is 10.5. The lowest BCUT2D eigenvalue weighted by molar-refractivity contribution is 0.188. The van der Waals surface area contributed by atoms with E-state index in [1.54, 1.807) is 6.92 Å². The Labute approximate surface area is 76.6 Å². The van der Waals surface area contributed by atoms with Gasteiger partial charge < -0.3 is 0 Å². The van der Waals surface area contributed by atoms with E-state index in [1.807, 2.05) is 0 Å². The fourth-order valence-electron chi connectivity index (χ4n) is 1.84. The highest BCUT2D eigenvalue weighted by Crippen LogP contribution is 2.28. The molecule has 3 unspecified atom stereocenters. The molecule has 0 aliphatic rings. The van der Waals surface area contributed by atoms with Gasteiger partial charge >= 0.3 is 0 Å². The maximum Gasteiger partial charge on any atom is 0.0976 e. The van der Waals surface area contributed by atoms with Gasteiger partial charge in [0.1, 0.15) is 0 Å². The van der Waals surface area contributed by atoms with Crippen molar-refractivity contribution in [3.63, 3.8) is 0 Å². The summed E-state index contributed by atoms with van der Waals surface area (Å²) in [5.41, 5.74) is 0. The van der Waals surface area contributed by atoms with E-state index >= 15 is 0 Å². The first-order chi connectivity index (χ1) is 5.49. The number of alkyl halides is 1. The highest BCUT2D eigenvalue weighted by Gasteiger charge is 2.21. The van der Waals surface area contributed by atoms with Gasteiger partial charge in [0.15, 0.2) is 0 Å². The lowest BCUT2D eigenvalue weighted by atomic mass is 9.80. The summed E-state index contributed by atoms with van der Waals surface area (Å²) in [7, 11) is 0. The molecule has 0 radical (unpaired) electrons. The van der Waals surface area contributed by atoms with E-state index in [0.717, 1.165) is 12.8 Å². The van der Waals surface area contributed by atoms with Crippen LogP contribution in [-0.2, 0) is 0 Å². The third kappa shape index (κ3) is 4.08. The molecule has 0 rings (SSSR count). The molecule has 0 heterocycles. The highest BCUT2D eigenvalue weighted by molar-refractivity contribution is 4.71. The Bertz CT molecular complexity index is 108. The Hall–Kier alpha value is -0.0700. The molecule has 0 aromatic heterocycles. The van der Waals surface area contributed by atoms with Gasteiger partial charge in [-0.3, -0.25) is 0 Å². The smallest absolute Gasteiger partial charge is 0.0976 e. The number of halogens is 1. The molecule has 0 nitrogen and oxygen atoms in total. The predicted octanol–water partition coefficient (Wildman–Crippen LogP) is 4.05. The second-order valence-corrected chi connectivity index (χ2v) is 4.31. The van der Waals surface area contributed by atoms with Crippen LogP contribution in [0.5, 0.6) is 0 Å². The summed E-state index contributed by atoms with van der Waals surface area (Å²) in [6.07, 6.45) is 1.24. The number of rotatable bonds is 5. The van der Waals surface area contributed by atoms with Gasteiger partial charge in [-0.15, -0.1) is 0 Å². The third-order valence-corrected chi connectivity index (χ3v) is 2.83. The number of hydrogen-bond acceptors (Lipinski definition) is 0. The third-order valence-electron chi connectivity index (χ3n) is 2.83. The van der Waals surface area contributed by atoms with Crippen molar-refractivity contribution in [3.8, 4) is 0 Å². The molecule has 0 saturated carbocycles. The second-order valence-electron chi connectivity index (χ2n) is 4.31. The fourth-order valence-corrected chi connectivity index (χ4v) is 1.84. The van der Waals surface area contributed by atoms with Crippen molar-refractivity contribution in [2.24, 2.45) is 17.8 Å². The van der Waals surface area contributed by atoms with Crippen molar-refractivity contribution in [3.05, 3.63) is 0 Å². The van der Waals surface area contributed by atoms with E-state index in [2.05, 4.69) is 27.7 Å². The predicted molar refractivity (Wildman–Crippen MR) is 53.0 cm³/mol. The molecular weight excluding hydrogens is 151 g/mol. The average Bonchev–Trinajstić information content (AvgIpc) is 1.98. The highest BCUT2D eigenvalue weighted by atomic mass is 19.1. The molecule has 0 N–H and O–H groups in total. The molecule has 0 amide bonds. The fraction of sp³-hybridized carbons (Fsp3) is 1.00. The molecule has 0 fully saturated rings. The van der Waals surface area contributed by atoms with Crippen LogP contribution in [-0.4, -0.2) is 6.17 Å². The Balaban J connectivity index is 4.03. The minimum Gasteiger partial charge on any atom is -0.248 e. The standard InChI is InChI=1S/C11H23F/c1-6-9(4)11(8(2)3)7-10(5)12/h8-11H,6-7H2,1-5H3. The first kappa shape index (κ1) is 11.9.